The zero-order valence-electron chi connectivity index (χ0n) is 15.6. The van der Waals surface area contributed by atoms with Crippen LogP contribution >= 0.6 is 0 Å². The van der Waals surface area contributed by atoms with Gasteiger partial charge in [-0.25, -0.2) is 4.98 Å². The highest BCUT2D eigenvalue weighted by molar-refractivity contribution is 6.05. The maximum Gasteiger partial charge on any atom is 0.255 e. The molecule has 0 aliphatic rings. The molecule has 2 aromatic rings. The van der Waals surface area contributed by atoms with Gasteiger partial charge in [0, 0.05) is 42.8 Å². The van der Waals surface area contributed by atoms with Crippen LogP contribution in [-0.4, -0.2) is 30.5 Å². The molecular weight excluding hydrogens is 312 g/mol. The molecule has 0 bridgehead atoms. The molecule has 1 amide bonds. The average molecular weight is 340 g/mol. The average Bonchev–Trinajstić information content (AvgIpc) is 2.63. The van der Waals surface area contributed by atoms with E-state index in [1.165, 1.54) is 5.69 Å². The second-order valence-electron chi connectivity index (χ2n) is 5.98. The van der Waals surface area contributed by atoms with Crippen LogP contribution in [0.3, 0.4) is 0 Å². The highest BCUT2D eigenvalue weighted by Crippen LogP contribution is 2.23. The summed E-state index contributed by atoms with van der Waals surface area (Å²) in [6.07, 6.45) is 2.67. The number of aryl methyl sites for hydroxylation is 1. The molecule has 1 aromatic heterocycles. The zero-order valence-corrected chi connectivity index (χ0v) is 15.6. The molecule has 0 aliphatic heterocycles. The minimum atomic E-state index is -0.124. The van der Waals surface area contributed by atoms with E-state index in [2.05, 4.69) is 53.4 Å². The van der Waals surface area contributed by atoms with Gasteiger partial charge in [0.25, 0.3) is 5.91 Å². The molecule has 134 valence electrons. The normalized spacial score (nSPS) is 10.4. The molecule has 0 radical (unpaired) electrons. The van der Waals surface area contributed by atoms with Gasteiger partial charge in [-0.2, -0.15) is 0 Å². The third kappa shape index (κ3) is 4.95. The van der Waals surface area contributed by atoms with E-state index < -0.39 is 0 Å². The van der Waals surface area contributed by atoms with Gasteiger partial charge in [-0.3, -0.25) is 4.79 Å². The largest absolute Gasteiger partial charge is 0.372 e. The Morgan fingerprint density at radius 2 is 1.88 bits per heavy atom. The van der Waals surface area contributed by atoms with Crippen molar-refractivity contribution in [2.75, 3.05) is 35.2 Å². The minimum absolute atomic E-state index is 0.124. The number of hydrogen-bond acceptors (Lipinski definition) is 4. The molecule has 5 heteroatoms. The summed E-state index contributed by atoms with van der Waals surface area (Å²) in [4.78, 5) is 19.1. The second-order valence-corrected chi connectivity index (χ2v) is 5.98. The smallest absolute Gasteiger partial charge is 0.255 e. The number of hydrogen-bond donors (Lipinski definition) is 2. The molecule has 25 heavy (non-hydrogen) atoms. The van der Waals surface area contributed by atoms with E-state index in [4.69, 9.17) is 0 Å². The lowest BCUT2D eigenvalue weighted by Crippen LogP contribution is -2.22. The molecule has 0 fully saturated rings. The monoisotopic (exact) mass is 340 g/mol. The molecule has 0 atom stereocenters. The lowest BCUT2D eigenvalue weighted by atomic mass is 10.1. The fraction of sp³-hybridized carbons (Fsp3) is 0.400. The van der Waals surface area contributed by atoms with Crippen molar-refractivity contribution in [2.24, 2.45) is 0 Å². The van der Waals surface area contributed by atoms with Gasteiger partial charge in [0.1, 0.15) is 5.82 Å². The van der Waals surface area contributed by atoms with Gasteiger partial charge in [0.05, 0.1) is 0 Å². The van der Waals surface area contributed by atoms with Crippen LogP contribution in [-0.2, 0) is 0 Å². The summed E-state index contributed by atoms with van der Waals surface area (Å²) in [6.45, 7) is 11.2. The molecule has 0 aliphatic carbocycles. The molecule has 2 rings (SSSR count). The van der Waals surface area contributed by atoms with Crippen LogP contribution in [0.2, 0.25) is 0 Å². The van der Waals surface area contributed by atoms with Gasteiger partial charge >= 0.3 is 0 Å². The molecule has 1 heterocycles. The van der Waals surface area contributed by atoms with Gasteiger partial charge in [-0.1, -0.05) is 6.92 Å². The lowest BCUT2D eigenvalue weighted by molar-refractivity contribution is 0.102. The van der Waals surface area contributed by atoms with Crippen molar-refractivity contribution in [3.63, 3.8) is 0 Å². The van der Waals surface area contributed by atoms with E-state index in [0.717, 1.165) is 43.1 Å². The van der Waals surface area contributed by atoms with Gasteiger partial charge in [-0.05, 0) is 63.1 Å². The third-order valence-electron chi connectivity index (χ3n) is 4.17. The van der Waals surface area contributed by atoms with Crippen molar-refractivity contribution in [3.05, 3.63) is 47.7 Å². The number of amides is 1. The van der Waals surface area contributed by atoms with E-state index in [1.54, 1.807) is 18.3 Å². The Morgan fingerprint density at radius 3 is 2.52 bits per heavy atom. The first-order valence-electron chi connectivity index (χ1n) is 8.95. The Labute approximate surface area is 150 Å². The standard InChI is InChI=1S/C20H28N4O/c1-5-11-21-19-14-16(10-12-22-19)20(25)23-18-9-8-17(13-15(18)4)24(6-2)7-3/h8-10,12-14H,5-7,11H2,1-4H3,(H,21,22)(H,23,25). The summed E-state index contributed by atoms with van der Waals surface area (Å²) in [5.74, 6) is 0.601. The zero-order chi connectivity index (χ0) is 18.2. The first kappa shape index (κ1) is 18.8. The number of carbonyl (C=O) groups excluding carboxylic acids is 1. The number of rotatable bonds is 8. The SMILES string of the molecule is CCCNc1cc(C(=O)Nc2ccc(N(CC)CC)cc2C)ccn1. The Morgan fingerprint density at radius 1 is 1.12 bits per heavy atom. The first-order valence-corrected chi connectivity index (χ1v) is 8.95. The second kappa shape index (κ2) is 9.06. The summed E-state index contributed by atoms with van der Waals surface area (Å²) >= 11 is 0. The fourth-order valence-corrected chi connectivity index (χ4v) is 2.69. The maximum absolute atomic E-state index is 12.5. The van der Waals surface area contributed by atoms with Crippen molar-refractivity contribution in [2.45, 2.75) is 34.1 Å². The van der Waals surface area contributed by atoms with Crippen LogP contribution in [0.15, 0.2) is 36.5 Å². The van der Waals surface area contributed by atoms with Crippen molar-refractivity contribution >= 4 is 23.1 Å². The molecule has 1 aromatic carbocycles. The van der Waals surface area contributed by atoms with E-state index in [0.29, 0.717) is 5.56 Å². The molecule has 0 saturated heterocycles. The summed E-state index contributed by atoms with van der Waals surface area (Å²) < 4.78 is 0. The lowest BCUT2D eigenvalue weighted by Gasteiger charge is -2.22. The minimum Gasteiger partial charge on any atom is -0.372 e. The van der Waals surface area contributed by atoms with Crippen molar-refractivity contribution in [3.8, 4) is 0 Å². The Balaban J connectivity index is 2.12. The van der Waals surface area contributed by atoms with Crippen LogP contribution in [0.5, 0.6) is 0 Å². The Kier molecular flexibility index (Phi) is 6.81. The first-order chi connectivity index (χ1) is 12.1. The summed E-state index contributed by atoms with van der Waals surface area (Å²) in [7, 11) is 0. The van der Waals surface area contributed by atoms with Crippen molar-refractivity contribution < 1.29 is 4.79 Å². The maximum atomic E-state index is 12.5. The number of benzene rings is 1. The van der Waals surface area contributed by atoms with Gasteiger partial charge in [0.2, 0.25) is 0 Å². The van der Waals surface area contributed by atoms with E-state index in [9.17, 15) is 4.79 Å². The van der Waals surface area contributed by atoms with Crippen LogP contribution in [0.25, 0.3) is 0 Å². The molecule has 5 nitrogen and oxygen atoms in total. The van der Waals surface area contributed by atoms with Gasteiger partial charge in [0.15, 0.2) is 0 Å². The number of anilines is 3. The van der Waals surface area contributed by atoms with Gasteiger partial charge < -0.3 is 15.5 Å². The molecule has 0 unspecified atom stereocenters. The third-order valence-corrected chi connectivity index (χ3v) is 4.17. The van der Waals surface area contributed by atoms with Crippen molar-refractivity contribution in [1.29, 1.82) is 0 Å². The topological polar surface area (TPSA) is 57.3 Å². The highest BCUT2D eigenvalue weighted by atomic mass is 16.1. The quantitative estimate of drug-likeness (QED) is 0.752. The molecule has 0 spiro atoms. The van der Waals surface area contributed by atoms with E-state index in [-0.39, 0.29) is 5.91 Å². The summed E-state index contributed by atoms with van der Waals surface area (Å²) in [5.41, 5.74) is 3.66. The van der Waals surface area contributed by atoms with Crippen LogP contribution in [0.4, 0.5) is 17.2 Å². The number of aromatic nitrogens is 1. The number of pyridine rings is 1. The molecule has 2 N–H and O–H groups in total. The van der Waals surface area contributed by atoms with Crippen molar-refractivity contribution in [1.82, 2.24) is 4.98 Å². The molecular formula is C20H28N4O. The fourth-order valence-electron chi connectivity index (χ4n) is 2.69. The molecule has 0 saturated carbocycles. The Hall–Kier alpha value is -2.56. The van der Waals surface area contributed by atoms with E-state index in [1.807, 2.05) is 13.0 Å². The van der Waals surface area contributed by atoms with E-state index >= 15 is 0 Å². The Bertz CT molecular complexity index is 711. The number of nitrogens with zero attached hydrogens (tertiary/aromatic N) is 2. The van der Waals surface area contributed by atoms with Crippen LogP contribution in [0.1, 0.15) is 43.1 Å². The van der Waals surface area contributed by atoms with Gasteiger partial charge in [-0.15, -0.1) is 0 Å². The highest BCUT2D eigenvalue weighted by Gasteiger charge is 2.10. The predicted molar refractivity (Wildman–Crippen MR) is 106 cm³/mol. The predicted octanol–water partition coefficient (Wildman–Crippen LogP) is 4.31. The number of carbonyl (C=O) groups is 1. The summed E-state index contributed by atoms with van der Waals surface area (Å²) in [6, 6.07) is 9.65. The van der Waals surface area contributed by atoms with Crippen LogP contribution in [0, 0.1) is 6.92 Å². The summed E-state index contributed by atoms with van der Waals surface area (Å²) in [5, 5.41) is 6.20. The number of nitrogens with one attached hydrogen (secondary N) is 2. The van der Waals surface area contributed by atoms with Crippen LogP contribution < -0.4 is 15.5 Å².